The Kier molecular flexibility index (Phi) is 4.83. The first kappa shape index (κ1) is 13.6. The van der Waals surface area contributed by atoms with Crippen molar-refractivity contribution in [3.8, 4) is 0 Å². The van der Waals surface area contributed by atoms with Crippen molar-refractivity contribution in [1.29, 1.82) is 0 Å². The Morgan fingerprint density at radius 2 is 2.28 bits per heavy atom. The number of aromatic nitrogens is 2. The summed E-state index contributed by atoms with van der Waals surface area (Å²) in [5.41, 5.74) is 0.794. The Balaban J connectivity index is 2.23. The third-order valence-electron chi connectivity index (χ3n) is 2.68. The van der Waals surface area contributed by atoms with Crippen molar-refractivity contribution in [2.45, 2.75) is 19.9 Å². The van der Waals surface area contributed by atoms with E-state index in [0.29, 0.717) is 5.39 Å². The molecule has 0 radical (unpaired) electrons. The number of halogens is 1. The minimum Gasteiger partial charge on any atom is -0.299 e. The lowest BCUT2D eigenvalue weighted by Gasteiger charge is -2.06. The van der Waals surface area contributed by atoms with Gasteiger partial charge in [-0.05, 0) is 36.1 Å². The van der Waals surface area contributed by atoms with E-state index < -0.39 is 0 Å². The van der Waals surface area contributed by atoms with Crippen LogP contribution in [0.4, 0.5) is 0 Å². The van der Waals surface area contributed by atoms with Crippen molar-refractivity contribution >= 4 is 38.6 Å². The third-order valence-corrected chi connectivity index (χ3v) is 4.16. The van der Waals surface area contributed by atoms with E-state index >= 15 is 0 Å². The molecular formula is C13H15BrN2OS. The van der Waals surface area contributed by atoms with Crippen molar-refractivity contribution in [3.63, 3.8) is 0 Å². The molecule has 5 heteroatoms. The van der Waals surface area contributed by atoms with Gasteiger partial charge in [0.25, 0.3) is 5.56 Å². The quantitative estimate of drug-likeness (QED) is 0.791. The summed E-state index contributed by atoms with van der Waals surface area (Å²) >= 11 is 5.28. The van der Waals surface area contributed by atoms with Crippen molar-refractivity contribution in [2.75, 3.05) is 11.5 Å². The van der Waals surface area contributed by atoms with Crippen LogP contribution in [0.15, 0.2) is 33.8 Å². The zero-order valence-corrected chi connectivity index (χ0v) is 12.6. The van der Waals surface area contributed by atoms with Gasteiger partial charge in [0.2, 0.25) is 0 Å². The van der Waals surface area contributed by atoms with Crippen LogP contribution < -0.4 is 5.56 Å². The fraction of sp³-hybridized carbons (Fsp3) is 0.385. The van der Waals surface area contributed by atoms with Crippen LogP contribution in [0.3, 0.4) is 0 Å². The van der Waals surface area contributed by atoms with Gasteiger partial charge in [-0.2, -0.15) is 11.8 Å². The van der Waals surface area contributed by atoms with Gasteiger partial charge in [-0.15, -0.1) is 0 Å². The van der Waals surface area contributed by atoms with E-state index in [9.17, 15) is 4.79 Å². The average Bonchev–Trinajstić information content (AvgIpc) is 2.37. The van der Waals surface area contributed by atoms with Crippen LogP contribution in [0.1, 0.15) is 13.3 Å². The molecule has 1 aromatic carbocycles. The molecule has 0 spiro atoms. The van der Waals surface area contributed by atoms with E-state index in [1.807, 2.05) is 30.0 Å². The van der Waals surface area contributed by atoms with Crippen molar-refractivity contribution in [1.82, 2.24) is 9.55 Å². The van der Waals surface area contributed by atoms with Crippen molar-refractivity contribution in [2.24, 2.45) is 0 Å². The van der Waals surface area contributed by atoms with E-state index in [0.717, 1.165) is 34.5 Å². The number of aryl methyl sites for hydroxylation is 1. The number of hydrogen-bond donors (Lipinski definition) is 0. The van der Waals surface area contributed by atoms with Crippen LogP contribution in [-0.2, 0) is 6.54 Å². The summed E-state index contributed by atoms with van der Waals surface area (Å²) in [6.07, 6.45) is 2.65. The molecule has 0 aliphatic heterocycles. The Hall–Kier alpha value is -0.810. The van der Waals surface area contributed by atoms with E-state index in [2.05, 4.69) is 27.8 Å². The smallest absolute Gasteiger partial charge is 0.261 e. The lowest BCUT2D eigenvalue weighted by atomic mass is 10.2. The predicted molar refractivity (Wildman–Crippen MR) is 81.3 cm³/mol. The molecule has 0 N–H and O–H groups in total. The van der Waals surface area contributed by atoms with Gasteiger partial charge >= 0.3 is 0 Å². The number of benzene rings is 1. The maximum atomic E-state index is 12.2. The molecule has 2 aromatic rings. The number of hydrogen-bond acceptors (Lipinski definition) is 3. The number of fused-ring (bicyclic) bond motifs is 1. The molecule has 0 aliphatic carbocycles. The summed E-state index contributed by atoms with van der Waals surface area (Å²) in [6, 6.07) is 5.57. The van der Waals surface area contributed by atoms with Crippen molar-refractivity contribution in [3.05, 3.63) is 39.4 Å². The van der Waals surface area contributed by atoms with Gasteiger partial charge in [0, 0.05) is 11.0 Å². The van der Waals surface area contributed by atoms with Crippen LogP contribution in [-0.4, -0.2) is 21.1 Å². The topological polar surface area (TPSA) is 34.9 Å². The van der Waals surface area contributed by atoms with Gasteiger partial charge in [0.05, 0.1) is 17.2 Å². The molecule has 0 fully saturated rings. The van der Waals surface area contributed by atoms with Gasteiger partial charge in [-0.3, -0.25) is 9.36 Å². The second-order valence-electron chi connectivity index (χ2n) is 3.96. The van der Waals surface area contributed by atoms with Gasteiger partial charge in [-0.1, -0.05) is 22.9 Å². The van der Waals surface area contributed by atoms with E-state index in [-0.39, 0.29) is 5.56 Å². The molecule has 2 rings (SSSR count). The molecule has 0 atom stereocenters. The number of rotatable bonds is 5. The molecule has 0 saturated carbocycles. The van der Waals surface area contributed by atoms with Gasteiger partial charge < -0.3 is 0 Å². The average molecular weight is 327 g/mol. The summed E-state index contributed by atoms with van der Waals surface area (Å²) in [5, 5.41) is 0.684. The minimum absolute atomic E-state index is 0.0500. The van der Waals surface area contributed by atoms with Crippen LogP contribution in [0, 0.1) is 0 Å². The summed E-state index contributed by atoms with van der Waals surface area (Å²) in [4.78, 5) is 16.5. The van der Waals surface area contributed by atoms with Crippen LogP contribution >= 0.6 is 27.7 Å². The fourth-order valence-electron chi connectivity index (χ4n) is 1.77. The van der Waals surface area contributed by atoms with E-state index in [1.165, 1.54) is 0 Å². The highest BCUT2D eigenvalue weighted by Crippen LogP contribution is 2.14. The molecular weight excluding hydrogens is 312 g/mol. The molecule has 18 heavy (non-hydrogen) atoms. The molecule has 0 bridgehead atoms. The first-order chi connectivity index (χ1) is 8.72. The lowest BCUT2D eigenvalue weighted by Crippen LogP contribution is -2.20. The Morgan fingerprint density at radius 3 is 3.06 bits per heavy atom. The zero-order valence-electron chi connectivity index (χ0n) is 10.2. The molecule has 0 saturated heterocycles. The van der Waals surface area contributed by atoms with Gasteiger partial charge in [0.15, 0.2) is 0 Å². The first-order valence-corrected chi connectivity index (χ1v) is 7.89. The molecule has 0 aliphatic rings. The lowest BCUT2D eigenvalue weighted by molar-refractivity contribution is 0.652. The Morgan fingerprint density at radius 1 is 1.44 bits per heavy atom. The highest BCUT2D eigenvalue weighted by atomic mass is 79.9. The molecule has 96 valence electrons. The van der Waals surface area contributed by atoms with Gasteiger partial charge in [0.1, 0.15) is 0 Å². The molecule has 1 aromatic heterocycles. The van der Waals surface area contributed by atoms with Crippen LogP contribution in [0.5, 0.6) is 0 Å². The van der Waals surface area contributed by atoms with E-state index in [1.54, 1.807) is 10.9 Å². The predicted octanol–water partition coefficient (Wildman–Crippen LogP) is 3.30. The molecule has 0 amide bonds. The van der Waals surface area contributed by atoms with Crippen LogP contribution in [0.2, 0.25) is 0 Å². The summed E-state index contributed by atoms with van der Waals surface area (Å²) < 4.78 is 2.64. The number of nitrogens with zero attached hydrogens (tertiary/aromatic N) is 2. The second-order valence-corrected chi connectivity index (χ2v) is 6.26. The maximum absolute atomic E-state index is 12.2. The van der Waals surface area contributed by atoms with E-state index in [4.69, 9.17) is 0 Å². The summed E-state index contributed by atoms with van der Waals surface area (Å²) in [7, 11) is 0. The van der Waals surface area contributed by atoms with Crippen LogP contribution in [0.25, 0.3) is 10.9 Å². The second kappa shape index (κ2) is 6.38. The largest absolute Gasteiger partial charge is 0.299 e. The molecule has 0 unspecified atom stereocenters. The SMILES string of the molecule is CCSCCCn1cnc2cc(Br)ccc2c1=O. The van der Waals surface area contributed by atoms with Gasteiger partial charge in [-0.25, -0.2) is 4.98 Å². The van der Waals surface area contributed by atoms with Crippen molar-refractivity contribution < 1.29 is 0 Å². The summed E-state index contributed by atoms with van der Waals surface area (Å²) in [6.45, 7) is 2.89. The number of thioether (sulfide) groups is 1. The summed E-state index contributed by atoms with van der Waals surface area (Å²) in [5.74, 6) is 2.21. The molecule has 3 nitrogen and oxygen atoms in total. The minimum atomic E-state index is 0.0500. The normalized spacial score (nSPS) is 11.0. The highest BCUT2D eigenvalue weighted by molar-refractivity contribution is 9.10. The zero-order chi connectivity index (χ0) is 13.0. The first-order valence-electron chi connectivity index (χ1n) is 5.95. The Bertz CT molecular complexity index is 597. The standard InChI is InChI=1S/C13H15BrN2OS/c1-2-18-7-3-6-16-9-15-12-8-10(14)4-5-11(12)13(16)17/h4-5,8-9H,2-3,6-7H2,1H3. The maximum Gasteiger partial charge on any atom is 0.261 e. The third kappa shape index (κ3) is 3.14. The fourth-order valence-corrected chi connectivity index (χ4v) is 2.74. The molecule has 1 heterocycles. The highest BCUT2D eigenvalue weighted by Gasteiger charge is 2.04. The monoisotopic (exact) mass is 326 g/mol. The Labute approximate surface area is 119 Å².